The van der Waals surface area contributed by atoms with Crippen LogP contribution in [0.1, 0.15) is 45.9 Å². The number of rotatable bonds is 6. The molecule has 0 bridgehead atoms. The quantitative estimate of drug-likeness (QED) is 0.417. The van der Waals surface area contributed by atoms with Crippen molar-refractivity contribution in [2.75, 3.05) is 5.32 Å². The highest BCUT2D eigenvalue weighted by atomic mass is 16.1. The molecule has 0 saturated heterocycles. The first-order chi connectivity index (χ1) is 16.3. The normalized spacial score (nSPS) is 14.8. The number of aryl methyl sites for hydroxylation is 1. The van der Waals surface area contributed by atoms with Crippen LogP contribution in [-0.4, -0.2) is 15.9 Å². The third-order valence-corrected chi connectivity index (χ3v) is 6.10. The fraction of sp³-hybridized carbons (Fsp3) is 0.179. The molecular weight excluding hydrogens is 408 g/mol. The van der Waals surface area contributed by atoms with Crippen molar-refractivity contribution in [3.05, 3.63) is 114 Å². The van der Waals surface area contributed by atoms with Gasteiger partial charge in [0.05, 0.1) is 6.04 Å². The van der Waals surface area contributed by atoms with Crippen LogP contribution in [0.15, 0.2) is 91.3 Å². The number of amides is 1. The predicted molar refractivity (Wildman–Crippen MR) is 131 cm³/mol. The molecule has 2 N–H and O–H groups in total. The summed E-state index contributed by atoms with van der Waals surface area (Å²) in [5.74, 6) is 0.548. The number of hydrogen-bond acceptors (Lipinski definition) is 4. The summed E-state index contributed by atoms with van der Waals surface area (Å²) in [4.78, 5) is 21.7. The van der Waals surface area contributed by atoms with Crippen molar-refractivity contribution < 1.29 is 4.79 Å². The van der Waals surface area contributed by atoms with E-state index < -0.39 is 0 Å². The highest BCUT2D eigenvalue weighted by Crippen LogP contribution is 2.29. The monoisotopic (exact) mass is 434 g/mol. The van der Waals surface area contributed by atoms with Gasteiger partial charge < -0.3 is 10.6 Å². The van der Waals surface area contributed by atoms with Gasteiger partial charge in [0.2, 0.25) is 5.95 Å². The van der Waals surface area contributed by atoms with E-state index in [2.05, 4.69) is 50.9 Å². The van der Waals surface area contributed by atoms with Gasteiger partial charge in [0.25, 0.3) is 5.91 Å². The van der Waals surface area contributed by atoms with E-state index in [1.807, 2.05) is 48.5 Å². The van der Waals surface area contributed by atoms with Gasteiger partial charge in [-0.2, -0.15) is 0 Å². The fourth-order valence-electron chi connectivity index (χ4n) is 4.30. The number of carbonyl (C=O) groups is 1. The molecule has 0 aliphatic heterocycles. The van der Waals surface area contributed by atoms with Crippen molar-refractivity contribution in [1.29, 1.82) is 0 Å². The van der Waals surface area contributed by atoms with Crippen LogP contribution < -0.4 is 10.6 Å². The first kappa shape index (κ1) is 20.9. The van der Waals surface area contributed by atoms with Crippen molar-refractivity contribution >= 4 is 11.9 Å². The lowest BCUT2D eigenvalue weighted by Gasteiger charge is -2.26. The molecule has 5 heteroatoms. The molecule has 5 rings (SSSR count). The van der Waals surface area contributed by atoms with Crippen LogP contribution in [0.4, 0.5) is 5.95 Å². The third kappa shape index (κ3) is 4.93. The highest BCUT2D eigenvalue weighted by Gasteiger charge is 2.21. The zero-order valence-corrected chi connectivity index (χ0v) is 18.4. The molecule has 4 aromatic rings. The number of anilines is 1. The maximum atomic E-state index is 12.9. The van der Waals surface area contributed by atoms with E-state index >= 15 is 0 Å². The highest BCUT2D eigenvalue weighted by molar-refractivity contribution is 5.95. The number of nitrogens with one attached hydrogen (secondary N) is 2. The standard InChI is InChI=1S/C28H26N4O/c33-27(32-26-12-6-10-22-9-4-5-11-25(22)26)23-15-13-21(14-16-23)24-18-30-28(31-19-24)29-17-20-7-2-1-3-8-20/h1-5,7-9,11,13-16,18-19,26H,6,10,12,17H2,(H,32,33)(H,29,30,31)/t26-/m1/s1. The molecule has 0 spiro atoms. The van der Waals surface area contributed by atoms with Crippen molar-refractivity contribution in [2.45, 2.75) is 31.8 Å². The van der Waals surface area contributed by atoms with Crippen LogP contribution in [0.3, 0.4) is 0 Å². The second-order valence-electron chi connectivity index (χ2n) is 8.33. The molecule has 0 radical (unpaired) electrons. The summed E-state index contributed by atoms with van der Waals surface area (Å²) in [6, 6.07) is 26.2. The Morgan fingerprint density at radius 2 is 1.58 bits per heavy atom. The van der Waals surface area contributed by atoms with E-state index in [1.165, 1.54) is 16.7 Å². The Bertz CT molecular complexity index is 1220. The molecule has 1 aliphatic rings. The minimum Gasteiger partial charge on any atom is -0.350 e. The van der Waals surface area contributed by atoms with Gasteiger partial charge in [0.15, 0.2) is 0 Å². The van der Waals surface area contributed by atoms with Gasteiger partial charge in [-0.1, -0.05) is 66.7 Å². The molecule has 5 nitrogen and oxygen atoms in total. The molecule has 1 aromatic heterocycles. The van der Waals surface area contributed by atoms with Crippen LogP contribution in [0, 0.1) is 0 Å². The van der Waals surface area contributed by atoms with E-state index in [-0.39, 0.29) is 11.9 Å². The Hall–Kier alpha value is -3.99. The third-order valence-electron chi connectivity index (χ3n) is 6.10. The largest absolute Gasteiger partial charge is 0.350 e. The zero-order chi connectivity index (χ0) is 22.5. The average Bonchev–Trinajstić information content (AvgIpc) is 2.89. The van der Waals surface area contributed by atoms with E-state index in [1.54, 1.807) is 12.4 Å². The number of nitrogens with zero attached hydrogens (tertiary/aromatic N) is 2. The van der Waals surface area contributed by atoms with E-state index in [4.69, 9.17) is 0 Å². The predicted octanol–water partition coefficient (Wildman–Crippen LogP) is 5.56. The summed E-state index contributed by atoms with van der Waals surface area (Å²) < 4.78 is 0. The molecule has 0 fully saturated rings. The van der Waals surface area contributed by atoms with Crippen molar-refractivity contribution in [3.8, 4) is 11.1 Å². The summed E-state index contributed by atoms with van der Waals surface area (Å²) in [6.07, 6.45) is 6.75. The van der Waals surface area contributed by atoms with Gasteiger partial charge in [-0.15, -0.1) is 0 Å². The molecule has 1 atom stereocenters. The first-order valence-electron chi connectivity index (χ1n) is 11.4. The lowest BCUT2D eigenvalue weighted by atomic mass is 9.87. The zero-order valence-electron chi connectivity index (χ0n) is 18.4. The van der Waals surface area contributed by atoms with Crippen molar-refractivity contribution in [1.82, 2.24) is 15.3 Å². The van der Waals surface area contributed by atoms with Crippen LogP contribution in [0.25, 0.3) is 11.1 Å². The summed E-state index contributed by atoms with van der Waals surface area (Å²) >= 11 is 0. The molecule has 3 aromatic carbocycles. The second kappa shape index (κ2) is 9.65. The van der Waals surface area contributed by atoms with Gasteiger partial charge in [0.1, 0.15) is 0 Å². The molecule has 1 amide bonds. The van der Waals surface area contributed by atoms with Gasteiger partial charge in [-0.3, -0.25) is 4.79 Å². The van der Waals surface area contributed by atoms with Gasteiger partial charge in [-0.05, 0) is 53.6 Å². The van der Waals surface area contributed by atoms with Crippen LogP contribution >= 0.6 is 0 Å². The topological polar surface area (TPSA) is 66.9 Å². The second-order valence-corrected chi connectivity index (χ2v) is 8.33. The number of carbonyl (C=O) groups excluding carboxylic acids is 1. The Morgan fingerprint density at radius 3 is 2.36 bits per heavy atom. The van der Waals surface area contributed by atoms with E-state index in [0.29, 0.717) is 18.1 Å². The Kier molecular flexibility index (Phi) is 6.11. The molecular formula is C28H26N4O. The minimum atomic E-state index is -0.0417. The number of benzene rings is 3. The summed E-state index contributed by atoms with van der Waals surface area (Å²) in [7, 11) is 0. The maximum Gasteiger partial charge on any atom is 0.251 e. The minimum absolute atomic E-state index is 0.0417. The van der Waals surface area contributed by atoms with Crippen LogP contribution in [0.2, 0.25) is 0 Å². The molecule has 0 saturated carbocycles. The summed E-state index contributed by atoms with van der Waals surface area (Å²) in [5.41, 5.74) is 6.30. The lowest BCUT2D eigenvalue weighted by molar-refractivity contribution is 0.0933. The molecule has 1 aliphatic carbocycles. The number of aromatic nitrogens is 2. The van der Waals surface area contributed by atoms with E-state index in [0.717, 1.165) is 30.4 Å². The fourth-order valence-corrected chi connectivity index (χ4v) is 4.30. The summed E-state index contributed by atoms with van der Waals surface area (Å²) in [6.45, 7) is 0.676. The van der Waals surface area contributed by atoms with Gasteiger partial charge >= 0.3 is 0 Å². The SMILES string of the molecule is O=C(N[C@@H]1CCCc2ccccc21)c1ccc(-c2cnc(NCc3ccccc3)nc2)cc1. The lowest BCUT2D eigenvalue weighted by Crippen LogP contribution is -2.30. The van der Waals surface area contributed by atoms with Gasteiger partial charge in [0, 0.05) is 30.1 Å². The number of fused-ring (bicyclic) bond motifs is 1. The molecule has 0 unspecified atom stereocenters. The van der Waals surface area contributed by atoms with Crippen molar-refractivity contribution in [3.63, 3.8) is 0 Å². The number of hydrogen-bond donors (Lipinski definition) is 2. The Labute approximate surface area is 193 Å². The van der Waals surface area contributed by atoms with Crippen LogP contribution in [-0.2, 0) is 13.0 Å². The molecule has 33 heavy (non-hydrogen) atoms. The smallest absolute Gasteiger partial charge is 0.251 e. The first-order valence-corrected chi connectivity index (χ1v) is 11.4. The Balaban J connectivity index is 1.22. The van der Waals surface area contributed by atoms with Crippen molar-refractivity contribution in [2.24, 2.45) is 0 Å². The van der Waals surface area contributed by atoms with E-state index in [9.17, 15) is 4.79 Å². The molecule has 164 valence electrons. The van der Waals surface area contributed by atoms with Crippen LogP contribution in [0.5, 0.6) is 0 Å². The maximum absolute atomic E-state index is 12.9. The van der Waals surface area contributed by atoms with Gasteiger partial charge in [-0.25, -0.2) is 9.97 Å². The molecule has 1 heterocycles. The average molecular weight is 435 g/mol. The summed E-state index contributed by atoms with van der Waals surface area (Å²) in [5, 5.41) is 6.45. The Morgan fingerprint density at radius 1 is 0.848 bits per heavy atom.